The van der Waals surface area contributed by atoms with E-state index >= 15 is 0 Å². The van der Waals surface area contributed by atoms with Gasteiger partial charge in [-0.15, -0.1) is 0 Å². The van der Waals surface area contributed by atoms with Crippen LogP contribution in [0.25, 0.3) is 11.0 Å². The van der Waals surface area contributed by atoms with Gasteiger partial charge in [-0.05, 0) is 36.8 Å². The van der Waals surface area contributed by atoms with Gasteiger partial charge < -0.3 is 10.6 Å². The van der Waals surface area contributed by atoms with Gasteiger partial charge in [-0.3, -0.25) is 4.79 Å². The number of rotatable bonds is 4. The summed E-state index contributed by atoms with van der Waals surface area (Å²) in [4.78, 5) is 18.2. The highest BCUT2D eigenvalue weighted by atomic mass is 35.5. The number of carbonyl (C=O) groups excluding carboxylic acids is 1. The zero-order valence-electron chi connectivity index (χ0n) is 14.2. The molecule has 2 N–H and O–H groups in total. The van der Waals surface area contributed by atoms with E-state index in [0.717, 1.165) is 0 Å². The third-order valence-corrected chi connectivity index (χ3v) is 6.61. The summed E-state index contributed by atoms with van der Waals surface area (Å²) in [5, 5.41) is 0.266. The molecule has 1 aromatic carbocycles. The number of amides is 1. The Morgan fingerprint density at radius 1 is 1.19 bits per heavy atom. The van der Waals surface area contributed by atoms with Gasteiger partial charge >= 0.3 is 0 Å². The molecule has 27 heavy (non-hydrogen) atoms. The Hall–Kier alpha value is -2.42. The first-order valence-corrected chi connectivity index (χ1v) is 10.2. The van der Waals surface area contributed by atoms with Gasteiger partial charge in [-0.2, -0.15) is 0 Å². The lowest BCUT2D eigenvalue weighted by Crippen LogP contribution is -2.34. The van der Waals surface area contributed by atoms with Gasteiger partial charge in [0.05, 0.1) is 34.2 Å². The van der Waals surface area contributed by atoms with Crippen LogP contribution in [0.15, 0.2) is 53.4 Å². The Morgan fingerprint density at radius 2 is 1.93 bits per heavy atom. The lowest BCUT2D eigenvalue weighted by Gasteiger charge is -2.18. The Morgan fingerprint density at radius 3 is 2.59 bits per heavy atom. The van der Waals surface area contributed by atoms with Crippen molar-refractivity contribution < 1.29 is 13.2 Å². The van der Waals surface area contributed by atoms with Crippen LogP contribution >= 0.6 is 11.6 Å². The van der Waals surface area contributed by atoms with E-state index in [2.05, 4.69) is 4.98 Å². The number of hydrogen-bond acceptors (Lipinski definition) is 5. The van der Waals surface area contributed by atoms with Crippen LogP contribution in [0.4, 0.5) is 0 Å². The summed E-state index contributed by atoms with van der Waals surface area (Å²) in [5.41, 5.74) is 7.09. The van der Waals surface area contributed by atoms with Crippen LogP contribution in [0, 0.1) is 0 Å². The van der Waals surface area contributed by atoms with Crippen LogP contribution in [-0.2, 0) is 21.4 Å². The molecule has 1 amide bonds. The number of carbonyl (C=O) groups is 1. The molecule has 1 aliphatic rings. The van der Waals surface area contributed by atoms with Crippen LogP contribution in [-0.4, -0.2) is 40.8 Å². The Labute approximate surface area is 161 Å². The first-order chi connectivity index (χ1) is 12.9. The fraction of sp³-hybridized carbons (Fsp3) is 0.222. The lowest BCUT2D eigenvalue weighted by atomic mass is 10.3. The predicted octanol–water partition coefficient (Wildman–Crippen LogP) is 1.99. The van der Waals surface area contributed by atoms with Gasteiger partial charge in [0.1, 0.15) is 5.15 Å². The number of nitrogens with zero attached hydrogens (tertiary/aromatic N) is 3. The highest BCUT2D eigenvalue weighted by Crippen LogP contribution is 2.27. The third-order valence-electron chi connectivity index (χ3n) is 4.62. The van der Waals surface area contributed by atoms with Crippen molar-refractivity contribution in [1.29, 1.82) is 0 Å². The summed E-state index contributed by atoms with van der Waals surface area (Å²) in [6.45, 7) is 0.619. The molecule has 0 radical (unpaired) electrons. The largest absolute Gasteiger partial charge is 0.335 e. The van der Waals surface area contributed by atoms with Crippen molar-refractivity contribution in [2.45, 2.75) is 23.9 Å². The molecular formula is C18H17ClN4O3S. The second kappa shape index (κ2) is 6.63. The second-order valence-corrected chi connectivity index (χ2v) is 8.59. The molecule has 0 spiro atoms. The Kier molecular flexibility index (Phi) is 4.41. The molecule has 0 bridgehead atoms. The lowest BCUT2D eigenvalue weighted by molar-refractivity contribution is -0.129. The van der Waals surface area contributed by atoms with Crippen LogP contribution < -0.4 is 5.73 Å². The minimum Gasteiger partial charge on any atom is -0.335 e. The van der Waals surface area contributed by atoms with Gasteiger partial charge in [-0.25, -0.2) is 17.4 Å². The number of benzene rings is 1. The molecule has 140 valence electrons. The zero-order valence-corrected chi connectivity index (χ0v) is 15.8. The number of aromatic nitrogens is 2. The molecule has 3 heterocycles. The van der Waals surface area contributed by atoms with E-state index < -0.39 is 16.1 Å². The zero-order chi connectivity index (χ0) is 19.2. The van der Waals surface area contributed by atoms with Crippen molar-refractivity contribution in [2.75, 3.05) is 6.54 Å². The minimum atomic E-state index is -3.87. The highest BCUT2D eigenvalue weighted by Gasteiger charge is 2.31. The number of pyridine rings is 1. The summed E-state index contributed by atoms with van der Waals surface area (Å²) in [6, 6.07) is 12.4. The monoisotopic (exact) mass is 404 g/mol. The van der Waals surface area contributed by atoms with Crippen molar-refractivity contribution in [3.05, 3.63) is 59.4 Å². The SMILES string of the molecule is N[C@H]1CCN(Cc2cc3nc(Cl)ccc3n2S(=O)(=O)c2ccccc2)C1=O. The summed E-state index contributed by atoms with van der Waals surface area (Å²) >= 11 is 5.97. The van der Waals surface area contributed by atoms with Crippen LogP contribution in [0.1, 0.15) is 12.1 Å². The molecule has 0 aliphatic carbocycles. The molecule has 9 heteroatoms. The maximum Gasteiger partial charge on any atom is 0.268 e. The van der Waals surface area contributed by atoms with Gasteiger partial charge in [0.25, 0.3) is 10.0 Å². The molecule has 2 aromatic heterocycles. The molecule has 4 rings (SSSR count). The topological polar surface area (TPSA) is 98.3 Å². The molecular weight excluding hydrogens is 388 g/mol. The number of fused-ring (bicyclic) bond motifs is 1. The third kappa shape index (κ3) is 3.09. The summed E-state index contributed by atoms with van der Waals surface area (Å²) in [5.74, 6) is -0.185. The van der Waals surface area contributed by atoms with E-state index in [1.165, 1.54) is 16.1 Å². The minimum absolute atomic E-state index is 0.132. The van der Waals surface area contributed by atoms with E-state index in [9.17, 15) is 13.2 Å². The van der Waals surface area contributed by atoms with E-state index in [0.29, 0.717) is 29.7 Å². The molecule has 1 atom stereocenters. The van der Waals surface area contributed by atoms with Crippen molar-refractivity contribution in [2.24, 2.45) is 5.73 Å². The number of likely N-dealkylation sites (tertiary alicyclic amines) is 1. The quantitative estimate of drug-likeness (QED) is 0.670. The molecule has 0 unspecified atom stereocenters. The standard InChI is InChI=1S/C18H17ClN4O3S/c19-17-7-6-16-15(21-17)10-12(11-22-9-8-14(20)18(22)24)23(16)27(25,26)13-4-2-1-3-5-13/h1-7,10,14H,8-9,11,20H2/t14-/m0/s1. The first-order valence-electron chi connectivity index (χ1n) is 8.40. The molecule has 0 saturated carbocycles. The molecule has 1 saturated heterocycles. The maximum absolute atomic E-state index is 13.3. The number of halogens is 1. The molecule has 7 nitrogen and oxygen atoms in total. The number of hydrogen-bond donors (Lipinski definition) is 1. The molecule has 1 fully saturated rings. The second-order valence-electron chi connectivity index (χ2n) is 6.41. The molecule has 3 aromatic rings. The first kappa shape index (κ1) is 18.0. The average molecular weight is 405 g/mol. The van der Waals surface area contributed by atoms with Gasteiger partial charge in [0, 0.05) is 6.54 Å². The summed E-state index contributed by atoms with van der Waals surface area (Å²) in [7, 11) is -3.87. The van der Waals surface area contributed by atoms with E-state index in [1.54, 1.807) is 41.3 Å². The van der Waals surface area contributed by atoms with E-state index in [-0.39, 0.29) is 22.5 Å². The van der Waals surface area contributed by atoms with Gasteiger partial charge in [-0.1, -0.05) is 29.8 Å². The van der Waals surface area contributed by atoms with E-state index in [1.807, 2.05) is 0 Å². The summed E-state index contributed by atoms with van der Waals surface area (Å²) in [6.07, 6.45) is 0.550. The average Bonchev–Trinajstić information content (AvgIpc) is 3.17. The fourth-order valence-corrected chi connectivity index (χ4v) is 5.00. The van der Waals surface area contributed by atoms with Gasteiger partial charge in [0.2, 0.25) is 5.91 Å². The van der Waals surface area contributed by atoms with E-state index in [4.69, 9.17) is 17.3 Å². The van der Waals surface area contributed by atoms with Crippen molar-refractivity contribution in [3.8, 4) is 0 Å². The highest BCUT2D eigenvalue weighted by molar-refractivity contribution is 7.90. The Balaban J connectivity index is 1.89. The van der Waals surface area contributed by atoms with Crippen LogP contribution in [0.2, 0.25) is 5.15 Å². The van der Waals surface area contributed by atoms with Crippen LogP contribution in [0.3, 0.4) is 0 Å². The van der Waals surface area contributed by atoms with Crippen molar-refractivity contribution >= 4 is 38.6 Å². The van der Waals surface area contributed by atoms with Gasteiger partial charge in [0.15, 0.2) is 0 Å². The molecule has 1 aliphatic heterocycles. The summed E-state index contributed by atoms with van der Waals surface area (Å²) < 4.78 is 27.9. The van der Waals surface area contributed by atoms with Crippen molar-refractivity contribution in [1.82, 2.24) is 13.9 Å². The predicted molar refractivity (Wildman–Crippen MR) is 102 cm³/mol. The smallest absolute Gasteiger partial charge is 0.268 e. The van der Waals surface area contributed by atoms with Crippen molar-refractivity contribution in [3.63, 3.8) is 0 Å². The number of nitrogens with two attached hydrogens (primary N) is 1. The van der Waals surface area contributed by atoms with Crippen LogP contribution in [0.5, 0.6) is 0 Å². The fourth-order valence-electron chi connectivity index (χ4n) is 3.30. The normalized spacial score (nSPS) is 17.8. The Bertz CT molecular complexity index is 1130. The maximum atomic E-state index is 13.3.